The minimum Gasteiger partial charge on any atom is -0.469 e. The third-order valence-electron chi connectivity index (χ3n) is 2.68. The summed E-state index contributed by atoms with van der Waals surface area (Å²) in [6.07, 6.45) is 4.99. The molecule has 0 fully saturated rings. The highest BCUT2D eigenvalue weighted by Gasteiger charge is 2.03. The van der Waals surface area contributed by atoms with E-state index < -0.39 is 0 Å². The fourth-order valence-electron chi connectivity index (χ4n) is 1.63. The van der Waals surface area contributed by atoms with E-state index in [1.54, 1.807) is 6.20 Å². The number of nitrogens with zero attached hydrogens (tertiary/aromatic N) is 1. The van der Waals surface area contributed by atoms with Gasteiger partial charge in [-0.05, 0) is 25.0 Å². The highest BCUT2D eigenvalue weighted by Crippen LogP contribution is 2.00. The number of amides is 1. The Bertz CT molecular complexity index is 393. The van der Waals surface area contributed by atoms with Crippen molar-refractivity contribution in [2.75, 3.05) is 13.7 Å². The first-order valence-electron chi connectivity index (χ1n) is 6.46. The Balaban J connectivity index is 2.03. The van der Waals surface area contributed by atoms with Gasteiger partial charge in [0.05, 0.1) is 13.5 Å². The van der Waals surface area contributed by atoms with Crippen molar-refractivity contribution in [1.29, 1.82) is 0 Å². The van der Waals surface area contributed by atoms with Crippen LogP contribution in [-0.2, 0) is 20.7 Å². The molecule has 19 heavy (non-hydrogen) atoms. The number of methoxy groups -OCH3 is 1. The van der Waals surface area contributed by atoms with E-state index >= 15 is 0 Å². The first kappa shape index (κ1) is 15.1. The summed E-state index contributed by atoms with van der Waals surface area (Å²) >= 11 is 0. The van der Waals surface area contributed by atoms with Gasteiger partial charge in [0, 0.05) is 24.9 Å². The van der Waals surface area contributed by atoms with Crippen molar-refractivity contribution < 1.29 is 14.3 Å². The molecule has 1 amide bonds. The number of nitrogens with one attached hydrogen (secondary N) is 1. The van der Waals surface area contributed by atoms with Crippen molar-refractivity contribution in [3.05, 3.63) is 30.1 Å². The molecular formula is C14H20N2O3. The lowest BCUT2D eigenvalue weighted by atomic mass is 10.2. The highest BCUT2D eigenvalue weighted by atomic mass is 16.5. The van der Waals surface area contributed by atoms with Crippen molar-refractivity contribution in [3.8, 4) is 0 Å². The molecule has 1 heterocycles. The van der Waals surface area contributed by atoms with Gasteiger partial charge in [0.1, 0.15) is 0 Å². The van der Waals surface area contributed by atoms with E-state index in [-0.39, 0.29) is 11.9 Å². The molecule has 104 valence electrons. The van der Waals surface area contributed by atoms with Crippen molar-refractivity contribution >= 4 is 11.9 Å². The normalized spacial score (nSPS) is 9.95. The predicted molar refractivity (Wildman–Crippen MR) is 71.4 cm³/mol. The summed E-state index contributed by atoms with van der Waals surface area (Å²) < 4.78 is 4.55. The first-order valence-corrected chi connectivity index (χ1v) is 6.46. The number of hydrogen-bond donors (Lipinski definition) is 1. The summed E-state index contributed by atoms with van der Waals surface area (Å²) in [7, 11) is 1.39. The maximum Gasteiger partial charge on any atom is 0.305 e. The Labute approximate surface area is 113 Å². The minimum absolute atomic E-state index is 0.0216. The molecule has 0 radical (unpaired) electrons. The maximum absolute atomic E-state index is 11.6. The molecule has 0 bridgehead atoms. The first-order chi connectivity index (χ1) is 9.22. The Morgan fingerprint density at radius 1 is 1.26 bits per heavy atom. The fourth-order valence-corrected chi connectivity index (χ4v) is 1.63. The average molecular weight is 264 g/mol. The van der Waals surface area contributed by atoms with Gasteiger partial charge >= 0.3 is 5.97 Å². The zero-order valence-corrected chi connectivity index (χ0v) is 11.2. The molecule has 1 rings (SSSR count). The molecule has 5 nitrogen and oxygen atoms in total. The molecule has 0 atom stereocenters. The van der Waals surface area contributed by atoms with Crippen LogP contribution < -0.4 is 5.32 Å². The van der Waals surface area contributed by atoms with Crippen LogP contribution in [0.2, 0.25) is 0 Å². The van der Waals surface area contributed by atoms with Crippen LogP contribution in [0.25, 0.3) is 0 Å². The number of carbonyl (C=O) groups is 2. The number of ether oxygens (including phenoxy) is 1. The second kappa shape index (κ2) is 9.08. The molecule has 1 aromatic rings. The van der Waals surface area contributed by atoms with Crippen LogP contribution in [0.4, 0.5) is 0 Å². The van der Waals surface area contributed by atoms with Gasteiger partial charge < -0.3 is 10.1 Å². The monoisotopic (exact) mass is 264 g/mol. The zero-order chi connectivity index (χ0) is 13.9. The van der Waals surface area contributed by atoms with Crippen molar-refractivity contribution in [1.82, 2.24) is 10.3 Å². The number of pyridine rings is 1. The molecule has 0 spiro atoms. The molecule has 0 saturated carbocycles. The van der Waals surface area contributed by atoms with E-state index in [0.717, 1.165) is 25.0 Å². The zero-order valence-electron chi connectivity index (χ0n) is 11.2. The molecule has 5 heteroatoms. The number of rotatable bonds is 8. The molecule has 0 aromatic carbocycles. The van der Waals surface area contributed by atoms with Gasteiger partial charge in [-0.15, -0.1) is 0 Å². The number of carbonyl (C=O) groups excluding carboxylic acids is 2. The van der Waals surface area contributed by atoms with Crippen molar-refractivity contribution in [2.24, 2.45) is 0 Å². The molecule has 1 aromatic heterocycles. The lowest BCUT2D eigenvalue weighted by Gasteiger charge is -2.04. The van der Waals surface area contributed by atoms with Crippen molar-refractivity contribution in [2.45, 2.75) is 32.1 Å². The topological polar surface area (TPSA) is 68.3 Å². The summed E-state index contributed by atoms with van der Waals surface area (Å²) in [6.45, 7) is 0.632. The van der Waals surface area contributed by atoms with Crippen LogP contribution in [0.3, 0.4) is 0 Å². The van der Waals surface area contributed by atoms with Crippen LogP contribution in [0.15, 0.2) is 24.4 Å². The minimum atomic E-state index is -0.181. The smallest absolute Gasteiger partial charge is 0.305 e. The van der Waals surface area contributed by atoms with E-state index in [1.807, 2.05) is 18.2 Å². The van der Waals surface area contributed by atoms with Gasteiger partial charge in [-0.2, -0.15) is 0 Å². The number of unbranched alkanes of at least 4 members (excludes halogenated alkanes) is 2. The van der Waals surface area contributed by atoms with Gasteiger partial charge in [-0.25, -0.2) is 0 Å². The van der Waals surface area contributed by atoms with Crippen LogP contribution in [-0.4, -0.2) is 30.5 Å². The Morgan fingerprint density at radius 2 is 2.11 bits per heavy atom. The van der Waals surface area contributed by atoms with E-state index in [9.17, 15) is 9.59 Å². The molecule has 0 unspecified atom stereocenters. The Kier molecular flexibility index (Phi) is 7.24. The lowest BCUT2D eigenvalue weighted by molar-refractivity contribution is -0.140. The molecule has 1 N–H and O–H groups in total. The van der Waals surface area contributed by atoms with Gasteiger partial charge in [0.15, 0.2) is 0 Å². The Morgan fingerprint density at radius 3 is 2.79 bits per heavy atom. The van der Waals surface area contributed by atoms with Crippen LogP contribution in [0, 0.1) is 0 Å². The second-order valence-corrected chi connectivity index (χ2v) is 4.23. The van der Waals surface area contributed by atoms with Crippen molar-refractivity contribution in [3.63, 3.8) is 0 Å². The summed E-state index contributed by atoms with van der Waals surface area (Å²) in [4.78, 5) is 26.5. The number of hydrogen-bond acceptors (Lipinski definition) is 4. The van der Waals surface area contributed by atoms with E-state index in [0.29, 0.717) is 19.4 Å². The number of aromatic nitrogens is 1. The van der Waals surface area contributed by atoms with Gasteiger partial charge in [-0.1, -0.05) is 12.5 Å². The van der Waals surface area contributed by atoms with E-state index in [1.165, 1.54) is 7.11 Å². The Hall–Kier alpha value is -1.91. The molecule has 0 aliphatic heterocycles. The molecule has 0 aliphatic carbocycles. The summed E-state index contributed by atoms with van der Waals surface area (Å²) in [6, 6.07) is 5.51. The summed E-state index contributed by atoms with van der Waals surface area (Å²) in [5.41, 5.74) is 0.769. The standard InChI is InChI=1S/C14H20N2O3/c1-19-14(18)8-3-2-5-10-16-13(17)11-12-7-4-6-9-15-12/h4,6-7,9H,2-3,5,8,10-11H2,1H3,(H,16,17). The highest BCUT2D eigenvalue weighted by molar-refractivity contribution is 5.78. The lowest BCUT2D eigenvalue weighted by Crippen LogP contribution is -2.26. The largest absolute Gasteiger partial charge is 0.469 e. The fraction of sp³-hybridized carbons (Fsp3) is 0.500. The third kappa shape index (κ3) is 7.18. The van der Waals surface area contributed by atoms with Gasteiger partial charge in [-0.3, -0.25) is 14.6 Å². The predicted octanol–water partition coefficient (Wildman–Crippen LogP) is 1.47. The quantitative estimate of drug-likeness (QED) is 0.570. The SMILES string of the molecule is COC(=O)CCCCCNC(=O)Cc1ccccn1. The molecular weight excluding hydrogens is 244 g/mol. The third-order valence-corrected chi connectivity index (χ3v) is 2.68. The van der Waals surface area contributed by atoms with Gasteiger partial charge in [0.25, 0.3) is 0 Å². The van der Waals surface area contributed by atoms with Crippen LogP contribution in [0.1, 0.15) is 31.4 Å². The van der Waals surface area contributed by atoms with Gasteiger partial charge in [0.2, 0.25) is 5.91 Å². The van der Waals surface area contributed by atoms with E-state index in [2.05, 4.69) is 15.0 Å². The van der Waals surface area contributed by atoms with Crippen LogP contribution in [0.5, 0.6) is 0 Å². The number of esters is 1. The maximum atomic E-state index is 11.6. The second-order valence-electron chi connectivity index (χ2n) is 4.23. The molecule has 0 saturated heterocycles. The van der Waals surface area contributed by atoms with Crippen LogP contribution >= 0.6 is 0 Å². The average Bonchev–Trinajstić information content (AvgIpc) is 2.43. The summed E-state index contributed by atoms with van der Waals surface area (Å²) in [5, 5.41) is 2.84. The molecule has 0 aliphatic rings. The van der Waals surface area contributed by atoms with E-state index in [4.69, 9.17) is 0 Å². The summed E-state index contributed by atoms with van der Waals surface area (Å²) in [5.74, 6) is -0.203.